The van der Waals surface area contributed by atoms with Gasteiger partial charge in [-0.05, 0) is 39.5 Å². The molecule has 0 spiro atoms. The van der Waals surface area contributed by atoms with Crippen molar-refractivity contribution in [2.45, 2.75) is 57.8 Å². The highest BCUT2D eigenvalue weighted by Crippen LogP contribution is 2.10. The van der Waals surface area contributed by atoms with Gasteiger partial charge in [0.15, 0.2) is 5.96 Å². The number of guanidine groups is 1. The van der Waals surface area contributed by atoms with Gasteiger partial charge in [-0.25, -0.2) is 0 Å². The van der Waals surface area contributed by atoms with E-state index in [0.717, 1.165) is 71.2 Å². The molecule has 2 N–H and O–H groups in total. The van der Waals surface area contributed by atoms with E-state index >= 15 is 0 Å². The maximum atomic E-state index is 5.88. The number of nitrogens with zero attached hydrogens (tertiary/aromatic N) is 1. The molecule has 2 aliphatic rings. The molecule has 2 rings (SSSR count). The molecule has 7 nitrogen and oxygen atoms in total. The zero-order valence-corrected chi connectivity index (χ0v) is 15.8. The second kappa shape index (κ2) is 12.5. The lowest BCUT2D eigenvalue weighted by molar-refractivity contribution is -0.0318. The summed E-state index contributed by atoms with van der Waals surface area (Å²) in [6.07, 6.45) is 4.55. The molecule has 0 amide bonds. The second-order valence-corrected chi connectivity index (χ2v) is 6.66. The van der Waals surface area contributed by atoms with E-state index in [-0.39, 0.29) is 12.1 Å². The fourth-order valence-electron chi connectivity index (χ4n) is 2.87. The van der Waals surface area contributed by atoms with E-state index in [4.69, 9.17) is 18.9 Å². The molecule has 146 valence electrons. The van der Waals surface area contributed by atoms with Crippen LogP contribution in [0.3, 0.4) is 0 Å². The van der Waals surface area contributed by atoms with E-state index in [1.54, 1.807) is 0 Å². The molecule has 25 heavy (non-hydrogen) atoms. The Morgan fingerprint density at radius 2 is 1.88 bits per heavy atom. The minimum atomic E-state index is 0.205. The van der Waals surface area contributed by atoms with E-state index in [9.17, 15) is 0 Å². The van der Waals surface area contributed by atoms with Crippen LogP contribution >= 0.6 is 0 Å². The molecule has 0 aliphatic carbocycles. The van der Waals surface area contributed by atoms with Gasteiger partial charge in [0.2, 0.25) is 0 Å². The maximum Gasteiger partial charge on any atom is 0.191 e. The number of aliphatic imine (C=N–C) groups is 1. The third kappa shape index (κ3) is 8.85. The molecule has 2 aliphatic heterocycles. The standard InChI is InChI=1S/C18H35N3O4/c1-3-19-18(21-15(2)13-25-17-7-12-23-14-17)20-8-4-9-24-16-5-10-22-11-6-16/h15-17H,3-14H2,1-2H3,(H2,19,20,21). The highest BCUT2D eigenvalue weighted by molar-refractivity contribution is 5.80. The van der Waals surface area contributed by atoms with Gasteiger partial charge in [0, 0.05) is 45.6 Å². The molecule has 0 aromatic rings. The van der Waals surface area contributed by atoms with Crippen molar-refractivity contribution in [2.24, 2.45) is 4.99 Å². The summed E-state index contributed by atoms with van der Waals surface area (Å²) in [6.45, 7) is 10.4. The SMILES string of the molecule is CCNC(=NCCCOC1CCOCC1)NC(C)COC1CCOC1. The molecular formula is C18H35N3O4. The first-order chi connectivity index (χ1) is 12.3. The number of hydrogen-bond acceptors (Lipinski definition) is 5. The van der Waals surface area contributed by atoms with E-state index in [0.29, 0.717) is 19.3 Å². The van der Waals surface area contributed by atoms with Crippen molar-refractivity contribution in [3.8, 4) is 0 Å². The van der Waals surface area contributed by atoms with Gasteiger partial charge in [0.25, 0.3) is 0 Å². The third-order valence-corrected chi connectivity index (χ3v) is 4.29. The van der Waals surface area contributed by atoms with Crippen LogP contribution in [0.25, 0.3) is 0 Å². The van der Waals surface area contributed by atoms with Gasteiger partial charge in [0.05, 0.1) is 25.4 Å². The normalized spacial score (nSPS) is 23.6. The lowest BCUT2D eigenvalue weighted by Crippen LogP contribution is -2.44. The Labute approximate surface area is 151 Å². The first kappa shape index (κ1) is 20.4. The molecule has 0 aromatic heterocycles. The monoisotopic (exact) mass is 357 g/mol. The van der Waals surface area contributed by atoms with Crippen molar-refractivity contribution >= 4 is 5.96 Å². The van der Waals surface area contributed by atoms with E-state index in [2.05, 4.69) is 29.5 Å². The van der Waals surface area contributed by atoms with Gasteiger partial charge in [0.1, 0.15) is 0 Å². The Hall–Kier alpha value is -0.890. The predicted molar refractivity (Wildman–Crippen MR) is 98.2 cm³/mol. The van der Waals surface area contributed by atoms with Crippen LogP contribution in [-0.2, 0) is 18.9 Å². The van der Waals surface area contributed by atoms with Crippen molar-refractivity contribution in [3.63, 3.8) is 0 Å². The Morgan fingerprint density at radius 1 is 1.12 bits per heavy atom. The van der Waals surface area contributed by atoms with E-state index in [1.165, 1.54) is 0 Å². The fourth-order valence-corrected chi connectivity index (χ4v) is 2.87. The smallest absolute Gasteiger partial charge is 0.191 e. The summed E-state index contributed by atoms with van der Waals surface area (Å²) >= 11 is 0. The van der Waals surface area contributed by atoms with Crippen LogP contribution in [-0.4, -0.2) is 76.9 Å². The number of rotatable bonds is 10. The Kier molecular flexibility index (Phi) is 10.2. The summed E-state index contributed by atoms with van der Waals surface area (Å²) in [5, 5.41) is 6.68. The molecule has 0 bridgehead atoms. The molecular weight excluding hydrogens is 322 g/mol. The van der Waals surface area contributed by atoms with Crippen LogP contribution < -0.4 is 10.6 Å². The average Bonchev–Trinajstić information content (AvgIpc) is 3.14. The van der Waals surface area contributed by atoms with E-state index in [1.807, 2.05) is 0 Å². The van der Waals surface area contributed by atoms with Gasteiger partial charge in [-0.15, -0.1) is 0 Å². The highest BCUT2D eigenvalue weighted by Gasteiger charge is 2.17. The lowest BCUT2D eigenvalue weighted by atomic mass is 10.1. The highest BCUT2D eigenvalue weighted by atomic mass is 16.5. The predicted octanol–water partition coefficient (Wildman–Crippen LogP) is 1.32. The largest absolute Gasteiger partial charge is 0.381 e. The molecule has 2 fully saturated rings. The van der Waals surface area contributed by atoms with Crippen molar-refractivity contribution < 1.29 is 18.9 Å². The van der Waals surface area contributed by atoms with Crippen LogP contribution in [0.2, 0.25) is 0 Å². The van der Waals surface area contributed by atoms with E-state index < -0.39 is 0 Å². The van der Waals surface area contributed by atoms with Gasteiger partial charge >= 0.3 is 0 Å². The molecule has 2 heterocycles. The summed E-state index contributed by atoms with van der Waals surface area (Å²) in [7, 11) is 0. The summed E-state index contributed by atoms with van der Waals surface area (Å²) in [6, 6.07) is 0.205. The summed E-state index contributed by atoms with van der Waals surface area (Å²) in [4.78, 5) is 4.63. The average molecular weight is 357 g/mol. The van der Waals surface area contributed by atoms with Crippen molar-refractivity contribution in [1.82, 2.24) is 10.6 Å². The lowest BCUT2D eigenvalue weighted by Gasteiger charge is -2.22. The van der Waals surface area contributed by atoms with Gasteiger partial charge in [-0.1, -0.05) is 0 Å². The Morgan fingerprint density at radius 3 is 2.60 bits per heavy atom. The van der Waals surface area contributed by atoms with Crippen molar-refractivity contribution in [3.05, 3.63) is 0 Å². The van der Waals surface area contributed by atoms with Gasteiger partial charge in [-0.3, -0.25) is 4.99 Å². The molecule has 0 saturated carbocycles. The number of hydrogen-bond donors (Lipinski definition) is 2. The van der Waals surface area contributed by atoms with Gasteiger partial charge < -0.3 is 29.6 Å². The molecule has 2 unspecified atom stereocenters. The van der Waals surface area contributed by atoms with Crippen LogP contribution in [0.4, 0.5) is 0 Å². The van der Waals surface area contributed by atoms with Crippen LogP contribution in [0.15, 0.2) is 4.99 Å². The zero-order valence-electron chi connectivity index (χ0n) is 15.8. The van der Waals surface area contributed by atoms with Crippen LogP contribution in [0.5, 0.6) is 0 Å². The topological polar surface area (TPSA) is 73.3 Å². The minimum absolute atomic E-state index is 0.205. The Balaban J connectivity index is 1.59. The van der Waals surface area contributed by atoms with Crippen molar-refractivity contribution in [1.29, 1.82) is 0 Å². The van der Waals surface area contributed by atoms with Crippen molar-refractivity contribution in [2.75, 3.05) is 52.7 Å². The number of ether oxygens (including phenoxy) is 4. The summed E-state index contributed by atoms with van der Waals surface area (Å²) in [5.41, 5.74) is 0. The molecule has 0 aromatic carbocycles. The molecule has 2 saturated heterocycles. The summed E-state index contributed by atoms with van der Waals surface area (Å²) < 4.78 is 22.4. The maximum absolute atomic E-state index is 5.88. The molecule has 7 heteroatoms. The van der Waals surface area contributed by atoms with Crippen LogP contribution in [0.1, 0.15) is 39.5 Å². The fraction of sp³-hybridized carbons (Fsp3) is 0.944. The molecule has 0 radical (unpaired) electrons. The second-order valence-electron chi connectivity index (χ2n) is 6.66. The van der Waals surface area contributed by atoms with Crippen LogP contribution in [0, 0.1) is 0 Å². The minimum Gasteiger partial charge on any atom is -0.381 e. The zero-order chi connectivity index (χ0) is 17.7. The first-order valence-corrected chi connectivity index (χ1v) is 9.71. The van der Waals surface area contributed by atoms with Gasteiger partial charge in [-0.2, -0.15) is 0 Å². The Bertz CT molecular complexity index is 369. The molecule has 2 atom stereocenters. The quantitative estimate of drug-likeness (QED) is 0.349. The summed E-state index contributed by atoms with van der Waals surface area (Å²) in [5.74, 6) is 0.840. The first-order valence-electron chi connectivity index (χ1n) is 9.71. The number of nitrogens with one attached hydrogen (secondary N) is 2. The third-order valence-electron chi connectivity index (χ3n) is 4.29.